The van der Waals surface area contributed by atoms with Gasteiger partial charge in [-0.1, -0.05) is 75.8 Å². The first kappa shape index (κ1) is 15.0. The SMILES string of the molecule is CC1(C)C2=C(CCC=C2)C(C)(C)c2c1ccc1c2[nH]c2ccccc21. The quantitative estimate of drug-likeness (QED) is 0.483. The van der Waals surface area contributed by atoms with Gasteiger partial charge in [0.15, 0.2) is 0 Å². The Bertz CT molecular complexity index is 1090. The van der Waals surface area contributed by atoms with Gasteiger partial charge in [-0.2, -0.15) is 0 Å². The molecule has 0 saturated carbocycles. The first-order chi connectivity index (χ1) is 11.9. The number of benzene rings is 2. The molecule has 1 aromatic heterocycles. The minimum absolute atomic E-state index is 0.0581. The number of aromatic nitrogens is 1. The summed E-state index contributed by atoms with van der Waals surface area (Å²) >= 11 is 0. The molecule has 0 spiro atoms. The van der Waals surface area contributed by atoms with Crippen molar-refractivity contribution in [2.45, 2.75) is 51.4 Å². The maximum atomic E-state index is 3.75. The van der Waals surface area contributed by atoms with Crippen LogP contribution in [-0.4, -0.2) is 4.98 Å². The van der Waals surface area contributed by atoms with Gasteiger partial charge in [-0.25, -0.2) is 0 Å². The van der Waals surface area contributed by atoms with E-state index in [9.17, 15) is 0 Å². The Labute approximate surface area is 149 Å². The molecule has 2 aliphatic rings. The Balaban J connectivity index is 1.95. The summed E-state index contributed by atoms with van der Waals surface area (Å²) < 4.78 is 0. The van der Waals surface area contributed by atoms with E-state index in [1.54, 1.807) is 5.57 Å². The van der Waals surface area contributed by atoms with Crippen molar-refractivity contribution in [1.82, 2.24) is 4.98 Å². The van der Waals surface area contributed by atoms with E-state index in [-0.39, 0.29) is 10.8 Å². The van der Waals surface area contributed by atoms with Crippen LogP contribution in [0.4, 0.5) is 0 Å². The molecule has 0 aliphatic heterocycles. The molecular formula is C24H25N. The topological polar surface area (TPSA) is 15.8 Å². The Morgan fingerprint density at radius 3 is 2.52 bits per heavy atom. The second kappa shape index (κ2) is 4.66. The summed E-state index contributed by atoms with van der Waals surface area (Å²) in [5.74, 6) is 0. The highest BCUT2D eigenvalue weighted by atomic mass is 14.7. The lowest BCUT2D eigenvalue weighted by Gasteiger charge is -2.46. The summed E-state index contributed by atoms with van der Waals surface area (Å²) in [5.41, 5.74) is 8.82. The molecule has 126 valence electrons. The van der Waals surface area contributed by atoms with Crippen LogP contribution >= 0.6 is 0 Å². The van der Waals surface area contributed by atoms with Gasteiger partial charge >= 0.3 is 0 Å². The summed E-state index contributed by atoms with van der Waals surface area (Å²) in [4.78, 5) is 3.75. The number of H-pyrrole nitrogens is 1. The first-order valence-corrected chi connectivity index (χ1v) is 9.37. The third-order valence-corrected chi connectivity index (χ3v) is 6.58. The van der Waals surface area contributed by atoms with Gasteiger partial charge in [0.05, 0.1) is 5.52 Å². The third-order valence-electron chi connectivity index (χ3n) is 6.58. The number of hydrogen-bond donors (Lipinski definition) is 1. The number of hydrogen-bond acceptors (Lipinski definition) is 0. The van der Waals surface area contributed by atoms with Crippen LogP contribution in [0.5, 0.6) is 0 Å². The lowest BCUT2D eigenvalue weighted by molar-refractivity contribution is 0.495. The largest absolute Gasteiger partial charge is 0.354 e. The molecular weight excluding hydrogens is 302 g/mol. The smallest absolute Gasteiger partial charge is 0.0509 e. The number of aromatic amines is 1. The highest BCUT2D eigenvalue weighted by Gasteiger charge is 2.44. The Kier molecular flexibility index (Phi) is 2.80. The van der Waals surface area contributed by atoms with Crippen LogP contribution in [0.25, 0.3) is 21.8 Å². The number of nitrogens with one attached hydrogen (secondary N) is 1. The van der Waals surface area contributed by atoms with Crippen molar-refractivity contribution in [1.29, 1.82) is 0 Å². The van der Waals surface area contributed by atoms with Gasteiger partial charge in [0.1, 0.15) is 0 Å². The van der Waals surface area contributed by atoms with Crippen LogP contribution < -0.4 is 0 Å². The monoisotopic (exact) mass is 327 g/mol. The standard InChI is InChI=1S/C24H25N/c1-23(2)17-10-6-7-11-18(17)24(3,4)21-19(23)14-13-16-15-9-5-8-12-20(15)25-22(16)21/h5-6,8-10,12-14,25H,7,11H2,1-4H3. The zero-order valence-electron chi connectivity index (χ0n) is 15.5. The highest BCUT2D eigenvalue weighted by Crippen LogP contribution is 2.54. The van der Waals surface area contributed by atoms with E-state index in [0.717, 1.165) is 6.42 Å². The second-order valence-corrected chi connectivity index (χ2v) is 8.66. The zero-order chi connectivity index (χ0) is 17.4. The van der Waals surface area contributed by atoms with E-state index in [1.807, 2.05) is 0 Å². The van der Waals surface area contributed by atoms with Gasteiger partial charge in [-0.3, -0.25) is 0 Å². The van der Waals surface area contributed by atoms with Gasteiger partial charge < -0.3 is 4.98 Å². The molecule has 0 fully saturated rings. The average molecular weight is 327 g/mol. The van der Waals surface area contributed by atoms with Crippen LogP contribution in [0.3, 0.4) is 0 Å². The molecule has 0 radical (unpaired) electrons. The van der Waals surface area contributed by atoms with Gasteiger partial charge in [0.2, 0.25) is 0 Å². The molecule has 0 amide bonds. The van der Waals surface area contributed by atoms with Crippen LogP contribution in [0.2, 0.25) is 0 Å². The van der Waals surface area contributed by atoms with E-state index >= 15 is 0 Å². The molecule has 0 unspecified atom stereocenters. The van der Waals surface area contributed by atoms with Crippen LogP contribution in [-0.2, 0) is 10.8 Å². The van der Waals surface area contributed by atoms with E-state index in [1.165, 1.54) is 44.9 Å². The van der Waals surface area contributed by atoms with Crippen molar-refractivity contribution in [2.75, 3.05) is 0 Å². The molecule has 1 heteroatoms. The number of fused-ring (bicyclic) bond motifs is 5. The molecule has 0 atom stereocenters. The zero-order valence-corrected chi connectivity index (χ0v) is 15.5. The van der Waals surface area contributed by atoms with Crippen LogP contribution in [0.1, 0.15) is 51.7 Å². The average Bonchev–Trinajstić information content (AvgIpc) is 2.98. The Morgan fingerprint density at radius 1 is 0.880 bits per heavy atom. The third kappa shape index (κ3) is 1.79. The lowest BCUT2D eigenvalue weighted by Crippen LogP contribution is -2.37. The van der Waals surface area contributed by atoms with Crippen LogP contribution in [0, 0.1) is 0 Å². The number of allylic oxidation sites excluding steroid dienone is 4. The van der Waals surface area contributed by atoms with Crippen molar-refractivity contribution >= 4 is 21.8 Å². The summed E-state index contributed by atoms with van der Waals surface area (Å²) in [7, 11) is 0. The maximum absolute atomic E-state index is 3.75. The number of para-hydroxylation sites is 1. The van der Waals surface area contributed by atoms with Crippen molar-refractivity contribution in [3.63, 3.8) is 0 Å². The summed E-state index contributed by atoms with van der Waals surface area (Å²) in [6.45, 7) is 9.61. The van der Waals surface area contributed by atoms with Gasteiger partial charge in [0, 0.05) is 27.1 Å². The predicted molar refractivity (Wildman–Crippen MR) is 107 cm³/mol. The fourth-order valence-electron chi connectivity index (χ4n) is 5.28. The normalized spacial score (nSPS) is 20.8. The molecule has 1 nitrogen and oxygen atoms in total. The summed E-state index contributed by atoms with van der Waals surface area (Å²) in [6, 6.07) is 13.4. The Morgan fingerprint density at radius 2 is 1.68 bits per heavy atom. The molecule has 2 aliphatic carbocycles. The minimum Gasteiger partial charge on any atom is -0.354 e. The molecule has 3 aromatic rings. The molecule has 1 N–H and O–H groups in total. The fraction of sp³-hybridized carbons (Fsp3) is 0.333. The van der Waals surface area contributed by atoms with Crippen LogP contribution in [0.15, 0.2) is 59.7 Å². The first-order valence-electron chi connectivity index (χ1n) is 9.37. The highest BCUT2D eigenvalue weighted by molar-refractivity contribution is 6.09. The molecule has 0 bridgehead atoms. The minimum atomic E-state index is 0.0581. The van der Waals surface area contributed by atoms with E-state index in [2.05, 4.69) is 81.2 Å². The molecule has 0 saturated heterocycles. The van der Waals surface area contributed by atoms with E-state index < -0.39 is 0 Å². The van der Waals surface area contributed by atoms with Crippen molar-refractivity contribution in [3.05, 3.63) is 70.8 Å². The number of rotatable bonds is 0. The van der Waals surface area contributed by atoms with Gasteiger partial charge in [0.25, 0.3) is 0 Å². The predicted octanol–water partition coefficient (Wildman–Crippen LogP) is 6.54. The molecule has 1 heterocycles. The maximum Gasteiger partial charge on any atom is 0.0509 e. The van der Waals surface area contributed by atoms with Gasteiger partial charge in [-0.15, -0.1) is 0 Å². The van der Waals surface area contributed by atoms with Crippen molar-refractivity contribution < 1.29 is 0 Å². The second-order valence-electron chi connectivity index (χ2n) is 8.66. The Hall–Kier alpha value is -2.28. The summed E-state index contributed by atoms with van der Waals surface area (Å²) in [6.07, 6.45) is 7.08. The van der Waals surface area contributed by atoms with Crippen molar-refractivity contribution in [3.8, 4) is 0 Å². The van der Waals surface area contributed by atoms with Gasteiger partial charge in [-0.05, 0) is 35.6 Å². The lowest BCUT2D eigenvalue weighted by atomic mass is 9.58. The summed E-state index contributed by atoms with van der Waals surface area (Å²) in [5, 5.41) is 2.69. The molecule has 2 aromatic carbocycles. The fourth-order valence-corrected chi connectivity index (χ4v) is 5.28. The van der Waals surface area contributed by atoms with Crippen molar-refractivity contribution in [2.24, 2.45) is 0 Å². The van der Waals surface area contributed by atoms with E-state index in [0.29, 0.717) is 0 Å². The molecule has 25 heavy (non-hydrogen) atoms. The molecule has 5 rings (SSSR count). The van der Waals surface area contributed by atoms with E-state index in [4.69, 9.17) is 0 Å².